The van der Waals surface area contributed by atoms with Crippen LogP contribution in [0.3, 0.4) is 0 Å². The number of carbonyl (C=O) groups is 1. The van der Waals surface area contributed by atoms with Crippen molar-refractivity contribution in [2.75, 3.05) is 0 Å². The molecule has 0 aromatic carbocycles. The van der Waals surface area contributed by atoms with E-state index in [0.717, 1.165) is 0 Å². The van der Waals surface area contributed by atoms with E-state index in [4.69, 9.17) is 16.7 Å². The van der Waals surface area contributed by atoms with Crippen molar-refractivity contribution in [2.24, 2.45) is 10.2 Å². The molecule has 4 nitrogen and oxygen atoms in total. The molecule has 1 aliphatic rings. The van der Waals surface area contributed by atoms with Gasteiger partial charge in [0.15, 0.2) is 0 Å². The van der Waals surface area contributed by atoms with Crippen LogP contribution in [-0.4, -0.2) is 17.1 Å². The van der Waals surface area contributed by atoms with Crippen LogP contribution >= 0.6 is 11.6 Å². The van der Waals surface area contributed by atoms with Crippen molar-refractivity contribution in [3.63, 3.8) is 0 Å². The molecule has 0 saturated carbocycles. The lowest BCUT2D eigenvalue weighted by Crippen LogP contribution is -2.15. The maximum Gasteiger partial charge on any atom is 0.336 e. The molecule has 0 spiro atoms. The van der Waals surface area contributed by atoms with Crippen LogP contribution in [0.15, 0.2) is 21.5 Å². The Morgan fingerprint density at radius 3 is 2.78 bits per heavy atom. The Kier molecular flexibility index (Phi) is 1.48. The molecule has 5 heteroatoms. The van der Waals surface area contributed by atoms with Crippen LogP contribution in [-0.2, 0) is 4.79 Å². The smallest absolute Gasteiger partial charge is 0.336 e. The molecule has 0 fully saturated rings. The Balaban J connectivity index is 2.74. The molecule has 0 aromatic heterocycles. The van der Waals surface area contributed by atoms with Gasteiger partial charge in [-0.3, -0.25) is 0 Å². The van der Waals surface area contributed by atoms with Gasteiger partial charge in [-0.15, -0.1) is 0 Å². The molecule has 0 aliphatic carbocycles. The van der Waals surface area contributed by atoms with Gasteiger partial charge in [0, 0.05) is 0 Å². The minimum Gasteiger partial charge on any atom is -0.479 e. The van der Waals surface area contributed by atoms with E-state index in [1.807, 2.05) is 0 Å². The molecule has 1 atom stereocenters. The first-order valence-corrected chi connectivity index (χ1v) is 2.58. The topological polar surface area (TPSA) is 62.0 Å². The van der Waals surface area contributed by atoms with E-state index in [-0.39, 0.29) is 5.03 Å². The Morgan fingerprint density at radius 1 is 1.89 bits per heavy atom. The summed E-state index contributed by atoms with van der Waals surface area (Å²) in [5, 5.41) is 15.1. The normalized spacial score (nSPS) is 24.1. The van der Waals surface area contributed by atoms with Gasteiger partial charge in [0.25, 0.3) is 0 Å². The van der Waals surface area contributed by atoms with Crippen LogP contribution in [0.25, 0.3) is 0 Å². The zero-order valence-corrected chi connectivity index (χ0v) is 5.04. The van der Waals surface area contributed by atoms with Gasteiger partial charge >= 0.3 is 5.97 Å². The van der Waals surface area contributed by atoms with Crippen molar-refractivity contribution in [1.29, 1.82) is 0 Å². The molecular formula is C4H3ClN2O2. The van der Waals surface area contributed by atoms with Crippen LogP contribution in [0.4, 0.5) is 0 Å². The first kappa shape index (κ1) is 6.22. The third-order valence-corrected chi connectivity index (χ3v) is 1.16. The van der Waals surface area contributed by atoms with Crippen LogP contribution in [0.5, 0.6) is 0 Å². The predicted octanol–water partition coefficient (Wildman–Crippen LogP) is 0.986. The summed E-state index contributed by atoms with van der Waals surface area (Å²) in [5.41, 5.74) is 0. The average Bonchev–Trinajstić information content (AvgIpc) is 2.13. The van der Waals surface area contributed by atoms with Gasteiger partial charge in [-0.1, -0.05) is 11.6 Å². The van der Waals surface area contributed by atoms with Crippen molar-refractivity contribution in [2.45, 2.75) is 6.04 Å². The molecule has 0 unspecified atom stereocenters. The fraction of sp³-hybridized carbons (Fsp3) is 0.250. The van der Waals surface area contributed by atoms with Gasteiger partial charge in [-0.25, -0.2) is 4.79 Å². The number of hydrogen-bond acceptors (Lipinski definition) is 3. The lowest BCUT2D eigenvalue weighted by molar-refractivity contribution is -0.137. The highest BCUT2D eigenvalue weighted by atomic mass is 35.5. The number of halogens is 1. The molecule has 48 valence electrons. The van der Waals surface area contributed by atoms with E-state index in [0.29, 0.717) is 0 Å². The van der Waals surface area contributed by atoms with E-state index in [1.165, 1.54) is 6.20 Å². The SMILES string of the molecule is O=C(O)[C@H]1N=NC=C1Cl. The average molecular weight is 147 g/mol. The summed E-state index contributed by atoms with van der Waals surface area (Å²) >= 11 is 5.37. The Hall–Kier alpha value is -0.900. The van der Waals surface area contributed by atoms with Gasteiger partial charge in [0.2, 0.25) is 6.04 Å². The minimum atomic E-state index is -1.07. The van der Waals surface area contributed by atoms with Gasteiger partial charge in [-0.05, 0) is 0 Å². The highest BCUT2D eigenvalue weighted by Gasteiger charge is 2.23. The summed E-state index contributed by atoms with van der Waals surface area (Å²) in [6.45, 7) is 0. The van der Waals surface area contributed by atoms with E-state index >= 15 is 0 Å². The maximum atomic E-state index is 10.1. The number of azo groups is 1. The molecule has 1 N–H and O–H groups in total. The lowest BCUT2D eigenvalue weighted by atomic mass is 10.3. The molecule has 0 aromatic rings. The molecule has 0 bridgehead atoms. The van der Waals surface area contributed by atoms with E-state index in [1.54, 1.807) is 0 Å². The molecule has 0 radical (unpaired) electrons. The van der Waals surface area contributed by atoms with Crippen molar-refractivity contribution in [3.05, 3.63) is 11.2 Å². The number of carboxylic acid groups (broad SMARTS) is 1. The van der Waals surface area contributed by atoms with Gasteiger partial charge < -0.3 is 5.11 Å². The van der Waals surface area contributed by atoms with Gasteiger partial charge in [-0.2, -0.15) is 10.2 Å². The molecule has 1 aliphatic heterocycles. The molecule has 0 saturated heterocycles. The van der Waals surface area contributed by atoms with Crippen molar-refractivity contribution >= 4 is 17.6 Å². The first-order valence-electron chi connectivity index (χ1n) is 2.20. The van der Waals surface area contributed by atoms with Crippen LogP contribution in [0, 0.1) is 0 Å². The Bertz CT molecular complexity index is 199. The van der Waals surface area contributed by atoms with Gasteiger partial charge in [0.1, 0.15) is 0 Å². The zero-order chi connectivity index (χ0) is 6.85. The zero-order valence-electron chi connectivity index (χ0n) is 4.28. The summed E-state index contributed by atoms with van der Waals surface area (Å²) in [6, 6.07) is -0.966. The lowest BCUT2D eigenvalue weighted by Gasteiger charge is -1.95. The molecule has 9 heavy (non-hydrogen) atoms. The minimum absolute atomic E-state index is 0.155. The summed E-state index contributed by atoms with van der Waals surface area (Å²) in [5.74, 6) is -1.07. The standard InChI is InChI=1S/C4H3ClN2O2/c5-2-1-6-7-3(2)4(8)9/h1,3H,(H,8,9)/t3-/m0/s1. The van der Waals surface area contributed by atoms with Crippen LogP contribution < -0.4 is 0 Å². The first-order chi connectivity index (χ1) is 4.22. The second-order valence-electron chi connectivity index (χ2n) is 1.49. The third kappa shape index (κ3) is 1.08. The van der Waals surface area contributed by atoms with Crippen molar-refractivity contribution in [3.8, 4) is 0 Å². The van der Waals surface area contributed by atoms with Crippen LogP contribution in [0.2, 0.25) is 0 Å². The van der Waals surface area contributed by atoms with E-state index in [9.17, 15) is 4.79 Å². The van der Waals surface area contributed by atoms with E-state index in [2.05, 4.69) is 10.2 Å². The highest BCUT2D eigenvalue weighted by Crippen LogP contribution is 2.17. The number of rotatable bonds is 1. The maximum absolute atomic E-state index is 10.1. The number of hydrogen-bond donors (Lipinski definition) is 1. The molecule has 1 heterocycles. The Labute approximate surface area is 55.8 Å². The van der Waals surface area contributed by atoms with Crippen molar-refractivity contribution < 1.29 is 9.90 Å². The molecule has 1 rings (SSSR count). The second-order valence-corrected chi connectivity index (χ2v) is 1.92. The largest absolute Gasteiger partial charge is 0.479 e. The fourth-order valence-corrected chi connectivity index (χ4v) is 0.629. The molecular weight excluding hydrogens is 144 g/mol. The molecule has 0 amide bonds. The summed E-state index contributed by atoms with van der Waals surface area (Å²) in [6.07, 6.45) is 1.22. The van der Waals surface area contributed by atoms with Crippen LogP contribution in [0.1, 0.15) is 0 Å². The van der Waals surface area contributed by atoms with Crippen molar-refractivity contribution in [1.82, 2.24) is 0 Å². The summed E-state index contributed by atoms with van der Waals surface area (Å²) in [7, 11) is 0. The number of carboxylic acids is 1. The van der Waals surface area contributed by atoms with Gasteiger partial charge in [0.05, 0.1) is 11.2 Å². The monoisotopic (exact) mass is 146 g/mol. The van der Waals surface area contributed by atoms with E-state index < -0.39 is 12.0 Å². The third-order valence-electron chi connectivity index (χ3n) is 0.858. The highest BCUT2D eigenvalue weighted by molar-refractivity contribution is 6.32. The number of nitrogens with zero attached hydrogens (tertiary/aromatic N) is 2. The summed E-state index contributed by atoms with van der Waals surface area (Å²) in [4.78, 5) is 10.1. The Morgan fingerprint density at radius 2 is 2.56 bits per heavy atom. The quantitative estimate of drug-likeness (QED) is 0.600. The fourth-order valence-electron chi connectivity index (χ4n) is 0.448. The predicted molar refractivity (Wildman–Crippen MR) is 30.2 cm³/mol. The number of aliphatic carboxylic acids is 1. The summed E-state index contributed by atoms with van der Waals surface area (Å²) < 4.78 is 0. The second kappa shape index (κ2) is 2.14.